The molecular formula is C16H23NO. The summed E-state index contributed by atoms with van der Waals surface area (Å²) in [5.74, 6) is 0.671. The van der Waals surface area contributed by atoms with Crippen LogP contribution in [0.2, 0.25) is 0 Å². The molecule has 98 valence electrons. The quantitative estimate of drug-likeness (QED) is 0.884. The Kier molecular flexibility index (Phi) is 3.40. The second-order valence-corrected chi connectivity index (χ2v) is 5.77. The van der Waals surface area contributed by atoms with Gasteiger partial charge >= 0.3 is 0 Å². The van der Waals surface area contributed by atoms with Crippen molar-refractivity contribution in [2.75, 3.05) is 19.7 Å². The molecule has 2 nitrogen and oxygen atoms in total. The van der Waals surface area contributed by atoms with Gasteiger partial charge in [0.25, 0.3) is 0 Å². The highest BCUT2D eigenvalue weighted by atomic mass is 16.5. The molecule has 3 rings (SSSR count). The lowest BCUT2D eigenvalue weighted by molar-refractivity contribution is -0.0995. The van der Waals surface area contributed by atoms with Gasteiger partial charge in [-0.25, -0.2) is 0 Å². The van der Waals surface area contributed by atoms with Gasteiger partial charge in [-0.05, 0) is 43.7 Å². The summed E-state index contributed by atoms with van der Waals surface area (Å²) in [4.78, 5) is 0. The molecule has 1 aliphatic heterocycles. The zero-order valence-electron chi connectivity index (χ0n) is 11.2. The molecule has 1 aromatic carbocycles. The molecule has 1 aliphatic carbocycles. The number of hydrogen-bond donors (Lipinski definition) is 1. The van der Waals surface area contributed by atoms with Crippen molar-refractivity contribution in [3.8, 4) is 0 Å². The minimum absolute atomic E-state index is 0.506. The van der Waals surface area contributed by atoms with Crippen molar-refractivity contribution in [2.24, 2.45) is 5.41 Å². The molecule has 1 saturated heterocycles. The summed E-state index contributed by atoms with van der Waals surface area (Å²) in [6.07, 6.45) is 4.32. The van der Waals surface area contributed by atoms with Gasteiger partial charge in [0, 0.05) is 19.1 Å². The third kappa shape index (κ3) is 2.08. The Bertz CT molecular complexity index is 383. The van der Waals surface area contributed by atoms with E-state index in [0.29, 0.717) is 17.4 Å². The van der Waals surface area contributed by atoms with E-state index in [1.807, 2.05) is 0 Å². The average molecular weight is 245 g/mol. The normalized spacial score (nSPS) is 35.4. The van der Waals surface area contributed by atoms with Crippen LogP contribution in [0.25, 0.3) is 0 Å². The molecule has 0 bridgehead atoms. The maximum absolute atomic E-state index is 5.77. The fourth-order valence-corrected chi connectivity index (χ4v) is 3.82. The molecule has 0 aromatic heterocycles. The van der Waals surface area contributed by atoms with E-state index in [1.165, 1.54) is 31.4 Å². The van der Waals surface area contributed by atoms with Crippen molar-refractivity contribution in [3.05, 3.63) is 35.9 Å². The van der Waals surface area contributed by atoms with Crippen LogP contribution in [0.4, 0.5) is 0 Å². The van der Waals surface area contributed by atoms with Crippen LogP contribution in [0.5, 0.6) is 0 Å². The maximum atomic E-state index is 5.77. The second kappa shape index (κ2) is 5.02. The second-order valence-electron chi connectivity index (χ2n) is 5.77. The highest BCUT2D eigenvalue weighted by Crippen LogP contribution is 2.55. The fraction of sp³-hybridized carbons (Fsp3) is 0.625. The molecule has 2 aliphatic rings. The van der Waals surface area contributed by atoms with Gasteiger partial charge in [-0.1, -0.05) is 30.3 Å². The number of hydrogen-bond acceptors (Lipinski definition) is 2. The largest absolute Gasteiger partial charge is 0.378 e. The molecule has 2 heteroatoms. The summed E-state index contributed by atoms with van der Waals surface area (Å²) >= 11 is 0. The maximum Gasteiger partial charge on any atom is 0.0586 e. The van der Waals surface area contributed by atoms with Crippen molar-refractivity contribution in [2.45, 2.75) is 38.2 Å². The predicted octanol–water partition coefficient (Wildman–Crippen LogP) is 2.95. The van der Waals surface area contributed by atoms with Gasteiger partial charge in [-0.3, -0.25) is 0 Å². The standard InChI is InChI=1S/C16H23NO/c1-2-18-14-10-16(11-14)8-9-17-12-15(16)13-6-4-3-5-7-13/h3-7,14-15,17H,2,8-12H2,1H3. The third-order valence-electron chi connectivity index (χ3n) is 4.76. The van der Waals surface area contributed by atoms with Crippen molar-refractivity contribution >= 4 is 0 Å². The van der Waals surface area contributed by atoms with Crippen molar-refractivity contribution in [1.82, 2.24) is 5.32 Å². The van der Waals surface area contributed by atoms with E-state index < -0.39 is 0 Å². The van der Waals surface area contributed by atoms with Crippen molar-refractivity contribution < 1.29 is 4.74 Å². The lowest BCUT2D eigenvalue weighted by Crippen LogP contribution is -2.53. The first-order valence-electron chi connectivity index (χ1n) is 7.21. The summed E-state index contributed by atoms with van der Waals surface area (Å²) in [5, 5.41) is 3.56. The number of ether oxygens (including phenoxy) is 1. The first-order valence-corrected chi connectivity index (χ1v) is 7.21. The molecule has 18 heavy (non-hydrogen) atoms. The summed E-state index contributed by atoms with van der Waals surface area (Å²) in [7, 11) is 0. The van der Waals surface area contributed by atoms with Crippen LogP contribution in [0.1, 0.15) is 37.7 Å². The summed E-state index contributed by atoms with van der Waals surface area (Å²) in [5.41, 5.74) is 2.01. The number of piperidine rings is 1. The van der Waals surface area contributed by atoms with E-state index in [1.54, 1.807) is 0 Å². The predicted molar refractivity (Wildman–Crippen MR) is 73.8 cm³/mol. The first-order chi connectivity index (χ1) is 8.84. The van der Waals surface area contributed by atoms with Crippen LogP contribution in [0.15, 0.2) is 30.3 Å². The van der Waals surface area contributed by atoms with E-state index in [9.17, 15) is 0 Å². The van der Waals surface area contributed by atoms with E-state index in [2.05, 4.69) is 42.6 Å². The fourth-order valence-electron chi connectivity index (χ4n) is 3.82. The Morgan fingerprint density at radius 3 is 2.78 bits per heavy atom. The first kappa shape index (κ1) is 12.2. The van der Waals surface area contributed by atoms with Gasteiger partial charge in [0.05, 0.1) is 6.10 Å². The molecule has 0 amide bonds. The number of nitrogens with one attached hydrogen (secondary N) is 1. The molecule has 1 aromatic rings. The Hall–Kier alpha value is -0.860. The lowest BCUT2D eigenvalue weighted by atomic mass is 9.55. The van der Waals surface area contributed by atoms with Crippen LogP contribution in [0, 0.1) is 5.41 Å². The Labute approximate surface area is 110 Å². The molecule has 0 radical (unpaired) electrons. The molecule has 1 spiro atoms. The molecular weight excluding hydrogens is 222 g/mol. The van der Waals surface area contributed by atoms with Crippen LogP contribution in [-0.2, 0) is 4.74 Å². The smallest absolute Gasteiger partial charge is 0.0586 e. The summed E-state index contributed by atoms with van der Waals surface area (Å²) in [6, 6.07) is 11.0. The van der Waals surface area contributed by atoms with E-state index in [4.69, 9.17) is 4.74 Å². The van der Waals surface area contributed by atoms with E-state index in [0.717, 1.165) is 13.2 Å². The Morgan fingerprint density at radius 1 is 1.28 bits per heavy atom. The van der Waals surface area contributed by atoms with Crippen LogP contribution >= 0.6 is 0 Å². The molecule has 1 saturated carbocycles. The number of rotatable bonds is 3. The van der Waals surface area contributed by atoms with Gasteiger partial charge in [0.1, 0.15) is 0 Å². The average Bonchev–Trinajstić information content (AvgIpc) is 2.39. The molecule has 1 unspecified atom stereocenters. The minimum atomic E-state index is 0.506. The van der Waals surface area contributed by atoms with Gasteiger partial charge in [0.2, 0.25) is 0 Å². The highest BCUT2D eigenvalue weighted by molar-refractivity contribution is 5.25. The van der Waals surface area contributed by atoms with Crippen LogP contribution in [-0.4, -0.2) is 25.8 Å². The van der Waals surface area contributed by atoms with Crippen molar-refractivity contribution in [3.63, 3.8) is 0 Å². The third-order valence-corrected chi connectivity index (χ3v) is 4.76. The van der Waals surface area contributed by atoms with Gasteiger partial charge in [-0.15, -0.1) is 0 Å². The molecule has 1 atom stereocenters. The number of benzene rings is 1. The Balaban J connectivity index is 1.76. The molecule has 2 fully saturated rings. The van der Waals surface area contributed by atoms with E-state index in [-0.39, 0.29) is 0 Å². The van der Waals surface area contributed by atoms with Gasteiger partial charge < -0.3 is 10.1 Å². The lowest BCUT2D eigenvalue weighted by Gasteiger charge is -2.55. The minimum Gasteiger partial charge on any atom is -0.378 e. The summed E-state index contributed by atoms with van der Waals surface area (Å²) in [6.45, 7) is 5.25. The zero-order valence-corrected chi connectivity index (χ0v) is 11.2. The van der Waals surface area contributed by atoms with Gasteiger partial charge in [0.15, 0.2) is 0 Å². The highest BCUT2D eigenvalue weighted by Gasteiger charge is 2.51. The van der Waals surface area contributed by atoms with E-state index >= 15 is 0 Å². The monoisotopic (exact) mass is 245 g/mol. The van der Waals surface area contributed by atoms with Crippen LogP contribution < -0.4 is 5.32 Å². The van der Waals surface area contributed by atoms with Crippen LogP contribution in [0.3, 0.4) is 0 Å². The zero-order chi connectivity index (χ0) is 12.4. The molecule has 1 N–H and O–H groups in total. The van der Waals surface area contributed by atoms with Gasteiger partial charge in [-0.2, -0.15) is 0 Å². The Morgan fingerprint density at radius 2 is 2.06 bits per heavy atom. The topological polar surface area (TPSA) is 21.3 Å². The van der Waals surface area contributed by atoms with Crippen molar-refractivity contribution in [1.29, 1.82) is 0 Å². The summed E-state index contributed by atoms with van der Waals surface area (Å²) < 4.78 is 5.77. The molecule has 1 heterocycles. The SMILES string of the molecule is CCOC1CC2(CCNCC2c2ccccc2)C1.